The highest BCUT2D eigenvalue weighted by Gasteiger charge is 2.34. The molecule has 170 valence electrons. The molecule has 9 heteroatoms. The number of hydrogen-bond acceptors (Lipinski definition) is 8. The first kappa shape index (κ1) is 21.7. The average molecular weight is 453 g/mol. The molecule has 0 aliphatic heterocycles. The lowest BCUT2D eigenvalue weighted by Crippen LogP contribution is -2.23. The van der Waals surface area contributed by atoms with Crippen molar-refractivity contribution in [1.82, 2.24) is 29.9 Å². The maximum absolute atomic E-state index is 10.9. The highest BCUT2D eigenvalue weighted by Crippen LogP contribution is 2.37. The Kier molecular flexibility index (Phi) is 5.74. The van der Waals surface area contributed by atoms with Gasteiger partial charge in [0.2, 0.25) is 5.95 Å². The number of benzene rings is 1. The Labute approximate surface area is 197 Å². The van der Waals surface area contributed by atoms with Crippen LogP contribution in [0, 0.1) is 11.3 Å². The standard InChI is InChI=1S/C25H24N8O/c1-27-24-29-20(18-7-4-6-17(12-18)14-26)13-21(30-24)22-16-33(32-31-22)15-19-8-5-9-23(28-19)25(34)10-2-3-11-25/h4-9,12-13,16,34H,2-3,10-11,15H2,1H3,(H,27,29,30). The first-order valence-electron chi connectivity index (χ1n) is 11.2. The molecular weight excluding hydrogens is 428 g/mol. The molecule has 34 heavy (non-hydrogen) atoms. The lowest BCUT2D eigenvalue weighted by molar-refractivity contribution is 0.0397. The third-order valence-corrected chi connectivity index (χ3v) is 6.08. The zero-order valence-electron chi connectivity index (χ0n) is 18.8. The minimum Gasteiger partial charge on any atom is -0.384 e. The molecule has 2 N–H and O–H groups in total. The van der Waals surface area contributed by atoms with E-state index < -0.39 is 5.60 Å². The molecular formula is C25H24N8O. The Morgan fingerprint density at radius 3 is 2.62 bits per heavy atom. The zero-order chi connectivity index (χ0) is 23.5. The van der Waals surface area contributed by atoms with E-state index in [0.717, 1.165) is 42.6 Å². The molecule has 1 aromatic carbocycles. The van der Waals surface area contributed by atoms with Crippen LogP contribution in [0.5, 0.6) is 0 Å². The summed E-state index contributed by atoms with van der Waals surface area (Å²) in [6.45, 7) is 0.429. The average Bonchev–Trinajstić information content (AvgIpc) is 3.54. The first-order chi connectivity index (χ1) is 16.6. The molecule has 1 saturated carbocycles. The Hall–Kier alpha value is -4.16. The van der Waals surface area contributed by atoms with E-state index in [4.69, 9.17) is 4.98 Å². The predicted octanol–water partition coefficient (Wildman–Crippen LogP) is 3.52. The molecule has 0 spiro atoms. The smallest absolute Gasteiger partial charge is 0.223 e. The highest BCUT2D eigenvalue weighted by molar-refractivity contribution is 5.68. The van der Waals surface area contributed by atoms with E-state index >= 15 is 0 Å². The summed E-state index contributed by atoms with van der Waals surface area (Å²) in [5.74, 6) is 0.448. The van der Waals surface area contributed by atoms with Crippen LogP contribution in [-0.2, 0) is 12.1 Å². The van der Waals surface area contributed by atoms with Crippen molar-refractivity contribution in [2.45, 2.75) is 37.8 Å². The van der Waals surface area contributed by atoms with E-state index in [-0.39, 0.29) is 0 Å². The van der Waals surface area contributed by atoms with Crippen molar-refractivity contribution >= 4 is 5.95 Å². The Morgan fingerprint density at radius 2 is 1.82 bits per heavy atom. The van der Waals surface area contributed by atoms with Crippen molar-refractivity contribution in [2.24, 2.45) is 0 Å². The van der Waals surface area contributed by atoms with Crippen LogP contribution < -0.4 is 5.32 Å². The molecule has 0 amide bonds. The molecule has 1 aliphatic carbocycles. The normalized spacial score (nSPS) is 14.6. The molecule has 0 saturated heterocycles. The lowest BCUT2D eigenvalue weighted by atomic mass is 9.97. The summed E-state index contributed by atoms with van der Waals surface area (Å²) in [6, 6.07) is 17.0. The van der Waals surface area contributed by atoms with Crippen LogP contribution in [0.25, 0.3) is 22.6 Å². The minimum atomic E-state index is -0.826. The second-order valence-corrected chi connectivity index (χ2v) is 8.46. The number of anilines is 1. The molecule has 9 nitrogen and oxygen atoms in total. The maximum atomic E-state index is 10.9. The van der Waals surface area contributed by atoms with Gasteiger partial charge >= 0.3 is 0 Å². The zero-order valence-corrected chi connectivity index (χ0v) is 18.8. The number of aromatic nitrogens is 6. The van der Waals surface area contributed by atoms with Crippen LogP contribution in [0.1, 0.15) is 42.6 Å². The van der Waals surface area contributed by atoms with Crippen LogP contribution >= 0.6 is 0 Å². The molecule has 0 unspecified atom stereocenters. The molecule has 3 aromatic heterocycles. The third-order valence-electron chi connectivity index (χ3n) is 6.08. The van der Waals surface area contributed by atoms with E-state index in [1.54, 1.807) is 23.9 Å². The van der Waals surface area contributed by atoms with Gasteiger partial charge in [-0.25, -0.2) is 14.6 Å². The highest BCUT2D eigenvalue weighted by atomic mass is 16.3. The van der Waals surface area contributed by atoms with Crippen molar-refractivity contribution in [3.63, 3.8) is 0 Å². The van der Waals surface area contributed by atoms with Gasteiger partial charge in [-0.3, -0.25) is 4.98 Å². The SMILES string of the molecule is CNc1nc(-c2cccc(C#N)c2)cc(-c2cn(Cc3cccc(C4(O)CCCC4)n3)nn2)n1. The summed E-state index contributed by atoms with van der Waals surface area (Å²) < 4.78 is 1.71. The number of hydrogen-bond donors (Lipinski definition) is 2. The summed E-state index contributed by atoms with van der Waals surface area (Å²) in [7, 11) is 1.75. The van der Waals surface area contributed by atoms with Gasteiger partial charge < -0.3 is 10.4 Å². The Morgan fingerprint density at radius 1 is 1.03 bits per heavy atom. The molecule has 1 aliphatic rings. The number of aliphatic hydroxyl groups is 1. The van der Waals surface area contributed by atoms with Gasteiger partial charge in [0.25, 0.3) is 0 Å². The van der Waals surface area contributed by atoms with Crippen molar-refractivity contribution < 1.29 is 5.11 Å². The maximum Gasteiger partial charge on any atom is 0.223 e. The van der Waals surface area contributed by atoms with E-state index in [2.05, 4.69) is 31.7 Å². The fourth-order valence-electron chi connectivity index (χ4n) is 4.29. The van der Waals surface area contributed by atoms with E-state index in [1.807, 2.05) is 42.6 Å². The fourth-order valence-corrected chi connectivity index (χ4v) is 4.29. The number of nitrogens with zero attached hydrogens (tertiary/aromatic N) is 7. The van der Waals surface area contributed by atoms with Gasteiger partial charge in [0.1, 0.15) is 11.3 Å². The van der Waals surface area contributed by atoms with Crippen LogP contribution in [-0.4, -0.2) is 42.1 Å². The van der Waals surface area contributed by atoms with E-state index in [1.165, 1.54) is 0 Å². The monoisotopic (exact) mass is 452 g/mol. The van der Waals surface area contributed by atoms with Crippen LogP contribution in [0.2, 0.25) is 0 Å². The van der Waals surface area contributed by atoms with Crippen molar-refractivity contribution in [3.05, 3.63) is 71.7 Å². The summed E-state index contributed by atoms with van der Waals surface area (Å²) >= 11 is 0. The Balaban J connectivity index is 1.42. The van der Waals surface area contributed by atoms with Gasteiger partial charge in [-0.1, -0.05) is 36.3 Å². The van der Waals surface area contributed by atoms with Crippen molar-refractivity contribution in [3.8, 4) is 28.7 Å². The van der Waals surface area contributed by atoms with Gasteiger partial charge in [0.05, 0.1) is 47.1 Å². The first-order valence-corrected chi connectivity index (χ1v) is 11.2. The molecule has 1 fully saturated rings. The molecule has 5 rings (SSSR count). The fraction of sp³-hybridized carbons (Fsp3) is 0.280. The minimum absolute atomic E-state index is 0.429. The summed E-state index contributed by atoms with van der Waals surface area (Å²) in [6.07, 6.45) is 5.35. The number of nitrogens with one attached hydrogen (secondary N) is 1. The van der Waals surface area contributed by atoms with Crippen molar-refractivity contribution in [2.75, 3.05) is 12.4 Å². The van der Waals surface area contributed by atoms with Crippen molar-refractivity contribution in [1.29, 1.82) is 5.26 Å². The lowest BCUT2D eigenvalue weighted by Gasteiger charge is -2.21. The second-order valence-electron chi connectivity index (χ2n) is 8.46. The predicted molar refractivity (Wildman–Crippen MR) is 126 cm³/mol. The van der Waals surface area contributed by atoms with Gasteiger partial charge in [0.15, 0.2) is 0 Å². The van der Waals surface area contributed by atoms with Gasteiger partial charge in [-0.15, -0.1) is 5.10 Å². The topological polar surface area (TPSA) is 125 Å². The van der Waals surface area contributed by atoms with Gasteiger partial charge in [0, 0.05) is 12.6 Å². The molecule has 0 bridgehead atoms. The number of nitriles is 1. The van der Waals surface area contributed by atoms with E-state index in [0.29, 0.717) is 35.1 Å². The van der Waals surface area contributed by atoms with E-state index in [9.17, 15) is 10.4 Å². The van der Waals surface area contributed by atoms with Gasteiger partial charge in [-0.05, 0) is 43.2 Å². The Bertz CT molecular complexity index is 1370. The molecule has 4 aromatic rings. The van der Waals surface area contributed by atoms with Crippen LogP contribution in [0.15, 0.2) is 54.7 Å². The van der Waals surface area contributed by atoms with Crippen LogP contribution in [0.3, 0.4) is 0 Å². The molecule has 3 heterocycles. The van der Waals surface area contributed by atoms with Gasteiger partial charge in [-0.2, -0.15) is 5.26 Å². The molecule has 0 radical (unpaired) electrons. The molecule has 0 atom stereocenters. The van der Waals surface area contributed by atoms with Crippen LogP contribution in [0.4, 0.5) is 5.95 Å². The number of rotatable bonds is 6. The third kappa shape index (κ3) is 4.36. The number of pyridine rings is 1. The largest absolute Gasteiger partial charge is 0.384 e. The summed E-state index contributed by atoms with van der Waals surface area (Å²) in [5, 5.41) is 31.6. The second kappa shape index (κ2) is 9.00. The summed E-state index contributed by atoms with van der Waals surface area (Å²) in [5.41, 5.74) is 3.98. The quantitative estimate of drug-likeness (QED) is 0.455. The summed E-state index contributed by atoms with van der Waals surface area (Å²) in [4.78, 5) is 13.8.